The molecule has 0 spiro atoms. The molecule has 2 amide bonds. The molecular weight excluding hydrogens is 502 g/mol. The van der Waals surface area contributed by atoms with Crippen molar-refractivity contribution in [1.82, 2.24) is 20.3 Å². The van der Waals surface area contributed by atoms with Gasteiger partial charge in [-0.1, -0.05) is 54.6 Å². The Morgan fingerprint density at radius 1 is 0.947 bits per heavy atom. The van der Waals surface area contributed by atoms with Gasteiger partial charge in [0.05, 0.1) is 17.6 Å². The third kappa shape index (κ3) is 6.96. The Morgan fingerprint density at radius 2 is 1.63 bits per heavy atom. The van der Waals surface area contributed by atoms with Crippen LogP contribution in [0.2, 0.25) is 0 Å². The van der Waals surface area contributed by atoms with Crippen molar-refractivity contribution in [3.63, 3.8) is 0 Å². The molecule has 202 valence electrons. The highest BCUT2D eigenvalue weighted by Crippen LogP contribution is 2.19. The Labute approximate surface area is 223 Å². The molecule has 1 aliphatic heterocycles. The fourth-order valence-electron chi connectivity index (χ4n) is 4.62. The molecule has 0 aromatic heterocycles. The molecular formula is C28H35N5O4S. The lowest BCUT2D eigenvalue weighted by atomic mass is 10.0. The molecule has 3 aromatic carbocycles. The van der Waals surface area contributed by atoms with Gasteiger partial charge in [0.2, 0.25) is 21.8 Å². The summed E-state index contributed by atoms with van der Waals surface area (Å²) in [7, 11) is -2.15. The molecule has 1 unspecified atom stereocenters. The number of fused-ring (bicyclic) bond motifs is 1. The second-order valence-electron chi connectivity index (χ2n) is 9.55. The van der Waals surface area contributed by atoms with Gasteiger partial charge in [-0.05, 0) is 60.3 Å². The van der Waals surface area contributed by atoms with Crippen molar-refractivity contribution in [2.45, 2.75) is 42.8 Å². The maximum atomic E-state index is 13.3. The van der Waals surface area contributed by atoms with Crippen molar-refractivity contribution >= 4 is 32.6 Å². The second-order valence-corrected chi connectivity index (χ2v) is 11.3. The monoisotopic (exact) mass is 537 g/mol. The third-order valence-electron chi connectivity index (χ3n) is 6.84. The number of piperidine rings is 1. The normalized spacial score (nSPS) is 15.7. The number of sulfonamides is 1. The van der Waals surface area contributed by atoms with Gasteiger partial charge in [-0.15, -0.1) is 0 Å². The average Bonchev–Trinajstić information content (AvgIpc) is 2.95. The predicted molar refractivity (Wildman–Crippen MR) is 148 cm³/mol. The molecule has 10 heteroatoms. The van der Waals surface area contributed by atoms with E-state index in [9.17, 15) is 18.0 Å². The number of amides is 2. The highest BCUT2D eigenvalue weighted by atomic mass is 32.2. The van der Waals surface area contributed by atoms with Crippen LogP contribution in [0.25, 0.3) is 10.8 Å². The Balaban J connectivity index is 1.44. The van der Waals surface area contributed by atoms with Crippen LogP contribution in [0.4, 0.5) is 0 Å². The van der Waals surface area contributed by atoms with Crippen LogP contribution >= 0.6 is 0 Å². The van der Waals surface area contributed by atoms with Gasteiger partial charge in [-0.25, -0.2) is 13.1 Å². The molecule has 0 bridgehead atoms. The minimum Gasteiger partial charge on any atom is -0.343 e. The summed E-state index contributed by atoms with van der Waals surface area (Å²) < 4.78 is 28.1. The van der Waals surface area contributed by atoms with Gasteiger partial charge in [0, 0.05) is 19.5 Å². The molecule has 1 saturated heterocycles. The minimum atomic E-state index is -3.92. The van der Waals surface area contributed by atoms with Crippen LogP contribution in [0.3, 0.4) is 0 Å². The van der Waals surface area contributed by atoms with Crippen molar-refractivity contribution in [3.8, 4) is 0 Å². The summed E-state index contributed by atoms with van der Waals surface area (Å²) in [4.78, 5) is 28.1. The van der Waals surface area contributed by atoms with E-state index in [-0.39, 0.29) is 23.4 Å². The van der Waals surface area contributed by atoms with Crippen LogP contribution in [0, 0.1) is 0 Å². The topological polar surface area (TPSA) is 134 Å². The molecule has 1 fully saturated rings. The summed E-state index contributed by atoms with van der Waals surface area (Å²) in [6, 6.07) is 19.0. The molecule has 5 N–H and O–H groups in total. The van der Waals surface area contributed by atoms with E-state index in [2.05, 4.69) is 15.4 Å². The van der Waals surface area contributed by atoms with E-state index in [0.717, 1.165) is 41.2 Å². The lowest BCUT2D eigenvalue weighted by Crippen LogP contribution is -2.52. The van der Waals surface area contributed by atoms with Gasteiger partial charge < -0.3 is 21.3 Å². The maximum absolute atomic E-state index is 13.3. The number of likely N-dealkylation sites (tertiary alicyclic amines) is 1. The van der Waals surface area contributed by atoms with Gasteiger partial charge in [0.15, 0.2) is 0 Å². The number of hydrogen-bond donors (Lipinski definition) is 4. The molecule has 1 heterocycles. The van der Waals surface area contributed by atoms with Gasteiger partial charge in [0.25, 0.3) is 0 Å². The summed E-state index contributed by atoms with van der Waals surface area (Å²) in [6.45, 7) is 0.820. The summed E-state index contributed by atoms with van der Waals surface area (Å²) in [5.41, 5.74) is 7.78. The van der Waals surface area contributed by atoms with Crippen molar-refractivity contribution in [3.05, 3.63) is 77.9 Å². The summed E-state index contributed by atoms with van der Waals surface area (Å²) >= 11 is 0. The third-order valence-corrected chi connectivity index (χ3v) is 8.24. The lowest BCUT2D eigenvalue weighted by Gasteiger charge is -2.31. The van der Waals surface area contributed by atoms with Gasteiger partial charge in [-0.2, -0.15) is 0 Å². The van der Waals surface area contributed by atoms with E-state index < -0.39 is 28.5 Å². The van der Waals surface area contributed by atoms with E-state index in [4.69, 9.17) is 5.73 Å². The van der Waals surface area contributed by atoms with Gasteiger partial charge in [-0.3, -0.25) is 9.59 Å². The highest BCUT2D eigenvalue weighted by molar-refractivity contribution is 7.89. The molecule has 3 aromatic rings. The quantitative estimate of drug-likeness (QED) is 0.293. The average molecular weight is 538 g/mol. The number of carbonyl (C=O) groups is 2. The molecule has 0 aliphatic carbocycles. The van der Waals surface area contributed by atoms with Crippen molar-refractivity contribution < 1.29 is 18.0 Å². The fraction of sp³-hybridized carbons (Fsp3) is 0.357. The van der Waals surface area contributed by atoms with E-state index in [1.165, 1.54) is 6.07 Å². The molecule has 2 atom stereocenters. The van der Waals surface area contributed by atoms with Crippen molar-refractivity contribution in [2.24, 2.45) is 5.73 Å². The maximum Gasteiger partial charge on any atom is 0.245 e. The number of nitrogens with zero attached hydrogens (tertiary/aromatic N) is 1. The zero-order valence-corrected chi connectivity index (χ0v) is 22.3. The number of carbonyl (C=O) groups excluding carboxylic acids is 2. The lowest BCUT2D eigenvalue weighted by molar-refractivity contribution is -0.137. The molecule has 1 aliphatic rings. The molecule has 9 nitrogen and oxygen atoms in total. The van der Waals surface area contributed by atoms with Crippen LogP contribution in [0.1, 0.15) is 36.6 Å². The molecule has 0 saturated carbocycles. The predicted octanol–water partition coefficient (Wildman–Crippen LogP) is 2.03. The number of hydrogen-bond acceptors (Lipinski definition) is 6. The SMILES string of the molecule is CNC(N)c1ccc(C[C@@H](NC(=O)CNS(=O)(=O)c2ccc3ccccc3c2)C(=O)N2CCCCC2)cc1. The van der Waals surface area contributed by atoms with Crippen LogP contribution in [-0.2, 0) is 26.0 Å². The standard InChI is InChI=1S/C28H35N5O4S/c1-30-27(29)22-11-9-20(10-12-22)17-25(28(35)33-15-5-2-6-16-33)32-26(34)19-31-38(36,37)24-14-13-21-7-3-4-8-23(21)18-24/h3-4,7-14,18,25,27,30-31H,2,5-6,15-17,19,29H2,1H3,(H,32,34)/t25-,27?/m1/s1. The number of rotatable bonds is 10. The van der Waals surface area contributed by atoms with Crippen LogP contribution in [-0.4, -0.2) is 57.9 Å². The van der Waals surface area contributed by atoms with E-state index in [1.54, 1.807) is 24.1 Å². The Bertz CT molecular complexity index is 1370. The van der Waals surface area contributed by atoms with Gasteiger partial charge >= 0.3 is 0 Å². The zero-order valence-electron chi connectivity index (χ0n) is 21.5. The molecule has 4 rings (SSSR count). The molecule has 38 heavy (non-hydrogen) atoms. The van der Waals surface area contributed by atoms with E-state index >= 15 is 0 Å². The fourth-order valence-corrected chi connectivity index (χ4v) is 5.64. The minimum absolute atomic E-state index is 0.0739. The number of benzene rings is 3. The number of nitrogens with two attached hydrogens (primary N) is 1. The van der Waals surface area contributed by atoms with Gasteiger partial charge in [0.1, 0.15) is 6.04 Å². The Hall–Kier alpha value is -3.31. The van der Waals surface area contributed by atoms with Crippen LogP contribution in [0.15, 0.2) is 71.6 Å². The first-order valence-corrected chi connectivity index (χ1v) is 14.3. The first-order valence-electron chi connectivity index (χ1n) is 12.8. The number of nitrogens with one attached hydrogen (secondary N) is 3. The zero-order chi connectivity index (χ0) is 27.1. The first-order chi connectivity index (χ1) is 18.3. The molecule has 0 radical (unpaired) electrons. The Kier molecular flexibility index (Phi) is 9.11. The largest absolute Gasteiger partial charge is 0.343 e. The smallest absolute Gasteiger partial charge is 0.245 e. The van der Waals surface area contributed by atoms with Crippen LogP contribution < -0.4 is 21.1 Å². The summed E-state index contributed by atoms with van der Waals surface area (Å²) in [6.07, 6.45) is 2.91. The second kappa shape index (κ2) is 12.5. The van der Waals surface area contributed by atoms with Crippen molar-refractivity contribution in [2.75, 3.05) is 26.7 Å². The first kappa shape index (κ1) is 27.7. The van der Waals surface area contributed by atoms with E-state index in [0.29, 0.717) is 13.1 Å². The Morgan fingerprint density at radius 3 is 2.32 bits per heavy atom. The summed E-state index contributed by atoms with van der Waals surface area (Å²) in [5, 5.41) is 7.46. The van der Waals surface area contributed by atoms with Crippen molar-refractivity contribution in [1.29, 1.82) is 0 Å². The van der Waals surface area contributed by atoms with E-state index in [1.807, 2.05) is 48.5 Å². The highest BCUT2D eigenvalue weighted by Gasteiger charge is 2.28. The van der Waals surface area contributed by atoms with Crippen LogP contribution in [0.5, 0.6) is 0 Å². The summed E-state index contributed by atoms with van der Waals surface area (Å²) in [5.74, 6) is -0.731.